The summed E-state index contributed by atoms with van der Waals surface area (Å²) in [5.41, 5.74) is 0. The van der Waals surface area contributed by atoms with Crippen LogP contribution in [0.25, 0.3) is 10.7 Å². The molecule has 7 heteroatoms. The van der Waals surface area contributed by atoms with Gasteiger partial charge >= 0.3 is 0 Å². The molecular weight excluding hydrogens is 328 g/mol. The number of nitrogens with one attached hydrogen (secondary N) is 1. The number of hydrogen-bond acceptors (Lipinski definition) is 5. The van der Waals surface area contributed by atoms with E-state index in [0.29, 0.717) is 18.0 Å². The first-order valence-corrected chi connectivity index (χ1v) is 8.58. The van der Waals surface area contributed by atoms with Crippen molar-refractivity contribution in [3.8, 4) is 16.5 Å². The first-order chi connectivity index (χ1) is 11.2. The van der Waals surface area contributed by atoms with E-state index in [4.69, 9.17) is 17.0 Å². The van der Waals surface area contributed by atoms with Gasteiger partial charge in [-0.1, -0.05) is 24.3 Å². The molecule has 0 aliphatic rings. The highest BCUT2D eigenvalue weighted by atomic mass is 32.1. The molecule has 0 saturated heterocycles. The second kappa shape index (κ2) is 7.54. The van der Waals surface area contributed by atoms with Crippen molar-refractivity contribution in [1.82, 2.24) is 19.7 Å². The van der Waals surface area contributed by atoms with Crippen LogP contribution in [0.15, 0.2) is 47.8 Å². The Labute approximate surface area is 144 Å². The second-order valence-corrected chi connectivity index (χ2v) is 6.46. The van der Waals surface area contributed by atoms with Gasteiger partial charge in [-0.3, -0.25) is 10.00 Å². The average molecular weight is 346 g/mol. The monoisotopic (exact) mass is 346 g/mol. The van der Waals surface area contributed by atoms with Gasteiger partial charge in [0.05, 0.1) is 11.5 Å². The van der Waals surface area contributed by atoms with E-state index in [-0.39, 0.29) is 0 Å². The van der Waals surface area contributed by atoms with E-state index >= 15 is 0 Å². The molecule has 2 heterocycles. The number of benzene rings is 1. The minimum Gasteiger partial charge on any atom is -0.492 e. The van der Waals surface area contributed by atoms with Crippen molar-refractivity contribution in [3.63, 3.8) is 0 Å². The number of ether oxygens (including phenoxy) is 1. The molecule has 0 radical (unpaired) electrons. The molecule has 0 saturated carbocycles. The minimum atomic E-state index is 0.559. The summed E-state index contributed by atoms with van der Waals surface area (Å²) in [6.45, 7) is 2.07. The fraction of sp³-hybridized carbons (Fsp3) is 0.250. The summed E-state index contributed by atoms with van der Waals surface area (Å²) < 4.78 is 8.14. The van der Waals surface area contributed by atoms with Crippen molar-refractivity contribution < 1.29 is 4.74 Å². The van der Waals surface area contributed by atoms with E-state index in [9.17, 15) is 0 Å². The molecule has 0 unspecified atom stereocenters. The quantitative estimate of drug-likeness (QED) is 0.664. The Morgan fingerprint density at radius 2 is 2.09 bits per heavy atom. The van der Waals surface area contributed by atoms with E-state index < -0.39 is 0 Å². The van der Waals surface area contributed by atoms with Crippen LogP contribution in [0.5, 0.6) is 5.75 Å². The lowest BCUT2D eigenvalue weighted by Gasteiger charge is -2.17. The summed E-state index contributed by atoms with van der Waals surface area (Å²) in [6.07, 6.45) is 0. The molecule has 5 nitrogen and oxygen atoms in total. The lowest BCUT2D eigenvalue weighted by Crippen LogP contribution is -2.27. The van der Waals surface area contributed by atoms with Gasteiger partial charge in [0, 0.05) is 6.54 Å². The molecule has 0 bridgehead atoms. The van der Waals surface area contributed by atoms with Crippen LogP contribution >= 0.6 is 23.6 Å². The van der Waals surface area contributed by atoms with Crippen molar-refractivity contribution in [2.45, 2.75) is 6.67 Å². The van der Waals surface area contributed by atoms with Crippen molar-refractivity contribution in [3.05, 3.63) is 52.6 Å². The van der Waals surface area contributed by atoms with Crippen LogP contribution in [0.3, 0.4) is 0 Å². The average Bonchev–Trinajstić information content (AvgIpc) is 3.19. The van der Waals surface area contributed by atoms with Crippen LogP contribution in [0.1, 0.15) is 0 Å². The second-order valence-electron chi connectivity index (χ2n) is 5.14. The third kappa shape index (κ3) is 4.28. The van der Waals surface area contributed by atoms with Crippen molar-refractivity contribution >= 4 is 23.6 Å². The van der Waals surface area contributed by atoms with Gasteiger partial charge in [0.1, 0.15) is 12.4 Å². The number of aromatic amines is 1. The summed E-state index contributed by atoms with van der Waals surface area (Å²) in [5, 5.41) is 5.28. The number of H-pyrrole nitrogens is 1. The molecule has 120 valence electrons. The van der Waals surface area contributed by atoms with Crippen LogP contribution in [-0.2, 0) is 6.67 Å². The van der Waals surface area contributed by atoms with Crippen molar-refractivity contribution in [2.75, 3.05) is 20.2 Å². The molecule has 0 aliphatic carbocycles. The molecule has 1 aromatic carbocycles. The molecule has 0 atom stereocenters. The molecule has 23 heavy (non-hydrogen) atoms. The maximum Gasteiger partial charge on any atom is 0.217 e. The molecule has 0 fully saturated rings. The van der Waals surface area contributed by atoms with Crippen LogP contribution < -0.4 is 4.74 Å². The van der Waals surface area contributed by atoms with E-state index in [2.05, 4.69) is 15.0 Å². The van der Waals surface area contributed by atoms with E-state index in [1.54, 1.807) is 11.3 Å². The SMILES string of the molecule is CN(CCOc1ccccc1)Cn1[nH]c(-c2cccs2)nc1=S. The topological polar surface area (TPSA) is 46.1 Å². The van der Waals surface area contributed by atoms with Crippen LogP contribution in [0, 0.1) is 4.77 Å². The predicted octanol–water partition coefficient (Wildman–Crippen LogP) is 3.64. The van der Waals surface area contributed by atoms with Crippen molar-refractivity contribution in [2.24, 2.45) is 0 Å². The standard InChI is InChI=1S/C16H18N4OS2/c1-19(9-10-21-13-6-3-2-4-7-13)12-20-16(22)17-15(18-20)14-8-5-11-23-14/h2-8,11H,9-10,12H2,1H3,(H,17,18,22). The lowest BCUT2D eigenvalue weighted by atomic mass is 10.3. The molecular formula is C16H18N4OS2. The minimum absolute atomic E-state index is 0.559. The van der Waals surface area contributed by atoms with E-state index in [0.717, 1.165) is 23.0 Å². The molecule has 0 spiro atoms. The van der Waals surface area contributed by atoms with Gasteiger partial charge in [-0.05, 0) is 42.8 Å². The lowest BCUT2D eigenvalue weighted by molar-refractivity contribution is 0.198. The van der Waals surface area contributed by atoms with Crippen LogP contribution in [0.4, 0.5) is 0 Å². The molecule has 3 rings (SSSR count). The third-order valence-corrected chi connectivity index (χ3v) is 4.49. The summed E-state index contributed by atoms with van der Waals surface area (Å²) in [6, 6.07) is 13.9. The van der Waals surface area contributed by atoms with E-state index in [1.807, 2.05) is 59.6 Å². The number of para-hydroxylation sites is 1. The Bertz CT molecular complexity index is 780. The van der Waals surface area contributed by atoms with Gasteiger partial charge in [-0.25, -0.2) is 4.68 Å². The zero-order valence-corrected chi connectivity index (χ0v) is 14.4. The van der Waals surface area contributed by atoms with Gasteiger partial charge in [-0.15, -0.1) is 11.3 Å². The Hall–Kier alpha value is -1.96. The summed E-state index contributed by atoms with van der Waals surface area (Å²) >= 11 is 6.96. The Morgan fingerprint density at radius 1 is 1.26 bits per heavy atom. The summed E-state index contributed by atoms with van der Waals surface area (Å²) in [5.74, 6) is 1.71. The van der Waals surface area contributed by atoms with Gasteiger partial charge in [0.2, 0.25) is 4.77 Å². The van der Waals surface area contributed by atoms with Gasteiger partial charge in [-0.2, -0.15) is 4.98 Å². The summed E-state index contributed by atoms with van der Waals surface area (Å²) in [4.78, 5) is 7.63. The van der Waals surface area contributed by atoms with Gasteiger partial charge < -0.3 is 4.74 Å². The summed E-state index contributed by atoms with van der Waals surface area (Å²) in [7, 11) is 2.03. The molecule has 2 aromatic heterocycles. The van der Waals surface area contributed by atoms with Crippen molar-refractivity contribution in [1.29, 1.82) is 0 Å². The third-order valence-electron chi connectivity index (χ3n) is 3.30. The highest BCUT2D eigenvalue weighted by molar-refractivity contribution is 7.71. The normalized spacial score (nSPS) is 11.0. The number of rotatable bonds is 7. The van der Waals surface area contributed by atoms with Crippen LogP contribution in [-0.4, -0.2) is 39.9 Å². The largest absolute Gasteiger partial charge is 0.492 e. The number of likely N-dealkylation sites (N-methyl/N-ethyl adjacent to an activating group) is 1. The van der Waals surface area contributed by atoms with E-state index in [1.165, 1.54) is 0 Å². The molecule has 1 N–H and O–H groups in total. The van der Waals surface area contributed by atoms with Gasteiger partial charge in [0.15, 0.2) is 5.82 Å². The molecule has 0 aliphatic heterocycles. The number of thiophene rings is 1. The zero-order chi connectivity index (χ0) is 16.1. The fourth-order valence-corrected chi connectivity index (χ4v) is 2.98. The zero-order valence-electron chi connectivity index (χ0n) is 12.8. The molecule has 0 amide bonds. The highest BCUT2D eigenvalue weighted by Crippen LogP contribution is 2.20. The molecule has 3 aromatic rings. The van der Waals surface area contributed by atoms with Crippen LogP contribution in [0.2, 0.25) is 0 Å². The number of nitrogens with zero attached hydrogens (tertiary/aromatic N) is 3. The Kier molecular flexibility index (Phi) is 5.22. The Morgan fingerprint density at radius 3 is 2.83 bits per heavy atom. The number of aromatic nitrogens is 3. The maximum atomic E-state index is 5.71. The predicted molar refractivity (Wildman–Crippen MR) is 95.3 cm³/mol. The highest BCUT2D eigenvalue weighted by Gasteiger charge is 2.07. The number of hydrogen-bond donors (Lipinski definition) is 1. The van der Waals surface area contributed by atoms with Gasteiger partial charge in [0.25, 0.3) is 0 Å². The Balaban J connectivity index is 1.54. The maximum absolute atomic E-state index is 5.71. The smallest absolute Gasteiger partial charge is 0.217 e. The fourth-order valence-electron chi connectivity index (χ4n) is 2.12. The first kappa shape index (κ1) is 15.9. The first-order valence-electron chi connectivity index (χ1n) is 7.29.